The second-order valence-corrected chi connectivity index (χ2v) is 8.14. The van der Waals surface area contributed by atoms with Gasteiger partial charge in [-0.2, -0.15) is 0 Å². The van der Waals surface area contributed by atoms with Gasteiger partial charge < -0.3 is 20.4 Å². The number of anilines is 2. The number of carbonyl (C=O) groups excluding carboxylic acids is 1. The van der Waals surface area contributed by atoms with E-state index in [1.54, 1.807) is 12.1 Å². The smallest absolute Gasteiger partial charge is 0.230 e. The monoisotopic (exact) mass is 450 g/mol. The van der Waals surface area contributed by atoms with Crippen molar-refractivity contribution in [2.24, 2.45) is 0 Å². The fourth-order valence-corrected chi connectivity index (χ4v) is 3.92. The van der Waals surface area contributed by atoms with Crippen molar-refractivity contribution in [1.82, 2.24) is 10.2 Å². The van der Waals surface area contributed by atoms with Crippen LogP contribution in [0.1, 0.15) is 12.5 Å². The fourth-order valence-electron chi connectivity index (χ4n) is 3.27. The van der Waals surface area contributed by atoms with Crippen molar-refractivity contribution in [3.8, 4) is 0 Å². The molecular formula is C21H24Cl2N4OS. The molecule has 0 saturated carbocycles. The molecule has 2 N–H and O–H groups in total. The zero-order chi connectivity index (χ0) is 20.8. The third kappa shape index (κ3) is 6.31. The lowest BCUT2D eigenvalue weighted by molar-refractivity contribution is -0.119. The molecule has 154 valence electrons. The number of benzene rings is 2. The first kappa shape index (κ1) is 21.8. The summed E-state index contributed by atoms with van der Waals surface area (Å²) in [5, 5.41) is 7.25. The van der Waals surface area contributed by atoms with Crippen molar-refractivity contribution in [2.45, 2.75) is 13.3 Å². The maximum Gasteiger partial charge on any atom is 0.230 e. The molecule has 2 aromatic rings. The van der Waals surface area contributed by atoms with E-state index in [9.17, 15) is 4.79 Å². The van der Waals surface area contributed by atoms with Crippen molar-refractivity contribution in [1.29, 1.82) is 0 Å². The molecule has 0 bridgehead atoms. The van der Waals surface area contributed by atoms with Crippen molar-refractivity contribution >= 4 is 57.8 Å². The standard InChI is InChI=1S/C21H24Cl2N4OS/c1-2-26-9-11-27(12-10-26)19-8-7-17(14-18(19)23)24-21(29)25-20(28)13-15-3-5-16(22)6-4-15/h3-8,14H,2,9-13H2,1H3,(H2,24,25,28,29). The summed E-state index contributed by atoms with van der Waals surface area (Å²) in [6.45, 7) is 7.25. The van der Waals surface area contributed by atoms with E-state index >= 15 is 0 Å². The first-order valence-corrected chi connectivity index (χ1v) is 10.7. The molecule has 0 spiro atoms. The number of thiocarbonyl (C=S) groups is 1. The molecule has 0 atom stereocenters. The Labute approximate surface area is 187 Å². The molecule has 2 aromatic carbocycles. The maximum absolute atomic E-state index is 12.2. The van der Waals surface area contributed by atoms with Gasteiger partial charge in [-0.1, -0.05) is 42.3 Å². The molecule has 3 rings (SSSR count). The number of amides is 1. The summed E-state index contributed by atoms with van der Waals surface area (Å²) in [6.07, 6.45) is 0.225. The van der Waals surface area contributed by atoms with E-state index in [1.807, 2.05) is 30.3 Å². The molecule has 1 heterocycles. The van der Waals surface area contributed by atoms with Crippen LogP contribution in [0, 0.1) is 0 Å². The molecule has 8 heteroatoms. The van der Waals surface area contributed by atoms with Gasteiger partial charge in [0.15, 0.2) is 5.11 Å². The van der Waals surface area contributed by atoms with Gasteiger partial charge in [0, 0.05) is 36.9 Å². The van der Waals surface area contributed by atoms with Gasteiger partial charge in [0.1, 0.15) is 0 Å². The second-order valence-electron chi connectivity index (χ2n) is 6.89. The Morgan fingerprint density at radius 1 is 1.07 bits per heavy atom. The number of hydrogen-bond acceptors (Lipinski definition) is 4. The zero-order valence-corrected chi connectivity index (χ0v) is 18.6. The Hall–Kier alpha value is -1.86. The molecule has 1 aliphatic rings. The molecule has 0 radical (unpaired) electrons. The van der Waals surface area contributed by atoms with Crippen LogP contribution in [-0.4, -0.2) is 48.6 Å². The largest absolute Gasteiger partial charge is 0.368 e. The molecule has 1 saturated heterocycles. The summed E-state index contributed by atoms with van der Waals surface area (Å²) < 4.78 is 0. The highest BCUT2D eigenvalue weighted by Gasteiger charge is 2.18. The number of hydrogen-bond donors (Lipinski definition) is 2. The van der Waals surface area contributed by atoms with E-state index < -0.39 is 0 Å². The fraction of sp³-hybridized carbons (Fsp3) is 0.333. The highest BCUT2D eigenvalue weighted by molar-refractivity contribution is 7.80. The molecule has 1 aliphatic heterocycles. The topological polar surface area (TPSA) is 47.6 Å². The molecule has 5 nitrogen and oxygen atoms in total. The summed E-state index contributed by atoms with van der Waals surface area (Å²) in [6, 6.07) is 12.9. The molecular weight excluding hydrogens is 427 g/mol. The van der Waals surface area contributed by atoms with Gasteiger partial charge in [-0.25, -0.2) is 0 Å². The third-order valence-corrected chi connectivity index (χ3v) is 5.66. The van der Waals surface area contributed by atoms with Crippen LogP contribution >= 0.6 is 35.4 Å². The van der Waals surface area contributed by atoms with E-state index in [4.69, 9.17) is 35.4 Å². The Bertz CT molecular complexity index is 867. The summed E-state index contributed by atoms with van der Waals surface area (Å²) in [5.74, 6) is -0.193. The van der Waals surface area contributed by atoms with Gasteiger partial charge in [0.25, 0.3) is 0 Å². The summed E-state index contributed by atoms with van der Waals surface area (Å²) in [5.41, 5.74) is 2.62. The summed E-state index contributed by atoms with van der Waals surface area (Å²) >= 11 is 17.6. The van der Waals surface area contributed by atoms with Crippen LogP contribution in [0.5, 0.6) is 0 Å². The number of piperazine rings is 1. The van der Waals surface area contributed by atoms with Crippen LogP contribution in [0.25, 0.3) is 0 Å². The van der Waals surface area contributed by atoms with Gasteiger partial charge in [-0.3, -0.25) is 4.79 Å². The quantitative estimate of drug-likeness (QED) is 0.668. The zero-order valence-electron chi connectivity index (χ0n) is 16.3. The molecule has 0 unspecified atom stereocenters. The van der Waals surface area contributed by atoms with Gasteiger partial charge in [0.2, 0.25) is 5.91 Å². The number of nitrogens with one attached hydrogen (secondary N) is 2. The van der Waals surface area contributed by atoms with Crippen LogP contribution in [0.4, 0.5) is 11.4 Å². The van der Waals surface area contributed by atoms with Crippen LogP contribution in [-0.2, 0) is 11.2 Å². The van der Waals surface area contributed by atoms with E-state index in [1.165, 1.54) is 0 Å². The minimum Gasteiger partial charge on any atom is -0.368 e. The van der Waals surface area contributed by atoms with E-state index in [0.29, 0.717) is 10.0 Å². The Morgan fingerprint density at radius 3 is 2.38 bits per heavy atom. The lowest BCUT2D eigenvalue weighted by atomic mass is 10.1. The minimum atomic E-state index is -0.193. The van der Waals surface area contributed by atoms with Crippen LogP contribution in [0.3, 0.4) is 0 Å². The SMILES string of the molecule is CCN1CCN(c2ccc(NC(=S)NC(=O)Cc3ccc(Cl)cc3)cc2Cl)CC1. The summed E-state index contributed by atoms with van der Waals surface area (Å²) in [4.78, 5) is 16.9. The second kappa shape index (κ2) is 10.3. The van der Waals surface area contributed by atoms with E-state index in [2.05, 4.69) is 27.4 Å². The van der Waals surface area contributed by atoms with Gasteiger partial charge in [-0.15, -0.1) is 0 Å². The normalized spacial score (nSPS) is 14.5. The molecule has 1 fully saturated rings. The first-order valence-electron chi connectivity index (χ1n) is 9.56. The number of nitrogens with zero attached hydrogens (tertiary/aromatic N) is 2. The highest BCUT2D eigenvalue weighted by Crippen LogP contribution is 2.29. The first-order chi connectivity index (χ1) is 13.9. The Balaban J connectivity index is 1.53. The number of rotatable bonds is 5. The van der Waals surface area contributed by atoms with Gasteiger partial charge >= 0.3 is 0 Å². The Morgan fingerprint density at radius 2 is 1.76 bits per heavy atom. The molecule has 0 aromatic heterocycles. The molecule has 0 aliphatic carbocycles. The van der Waals surface area contributed by atoms with Gasteiger partial charge in [0.05, 0.1) is 17.1 Å². The predicted molar refractivity (Wildman–Crippen MR) is 125 cm³/mol. The summed E-state index contributed by atoms with van der Waals surface area (Å²) in [7, 11) is 0. The van der Waals surface area contributed by atoms with Crippen molar-refractivity contribution in [3.05, 3.63) is 58.1 Å². The highest BCUT2D eigenvalue weighted by atomic mass is 35.5. The lowest BCUT2D eigenvalue weighted by Gasteiger charge is -2.36. The number of carbonyl (C=O) groups is 1. The minimum absolute atomic E-state index is 0.193. The van der Waals surface area contributed by atoms with Gasteiger partial charge in [-0.05, 0) is 54.7 Å². The third-order valence-electron chi connectivity index (χ3n) is 4.90. The van der Waals surface area contributed by atoms with Crippen molar-refractivity contribution < 1.29 is 4.79 Å². The predicted octanol–water partition coefficient (Wildman–Crippen LogP) is 4.19. The number of likely N-dealkylation sites (N-methyl/N-ethyl adjacent to an activating group) is 1. The van der Waals surface area contributed by atoms with E-state index in [-0.39, 0.29) is 17.4 Å². The van der Waals surface area contributed by atoms with Crippen molar-refractivity contribution in [3.63, 3.8) is 0 Å². The van der Waals surface area contributed by atoms with Crippen LogP contribution in [0.15, 0.2) is 42.5 Å². The lowest BCUT2D eigenvalue weighted by Crippen LogP contribution is -2.46. The van der Waals surface area contributed by atoms with E-state index in [0.717, 1.165) is 49.7 Å². The Kier molecular flexibility index (Phi) is 7.72. The maximum atomic E-state index is 12.2. The number of halogens is 2. The molecule has 1 amide bonds. The average molecular weight is 451 g/mol. The molecule has 29 heavy (non-hydrogen) atoms. The van der Waals surface area contributed by atoms with Crippen LogP contribution < -0.4 is 15.5 Å². The van der Waals surface area contributed by atoms with Crippen LogP contribution in [0.2, 0.25) is 10.0 Å². The average Bonchev–Trinajstić information content (AvgIpc) is 2.70. The van der Waals surface area contributed by atoms with Crippen molar-refractivity contribution in [2.75, 3.05) is 42.9 Å².